The van der Waals surface area contributed by atoms with Crippen LogP contribution in [0.3, 0.4) is 0 Å². The average Bonchev–Trinajstić information content (AvgIpc) is 3.03. The molecule has 1 aromatic carbocycles. The van der Waals surface area contributed by atoms with Crippen LogP contribution in [0.5, 0.6) is 17.2 Å². The van der Waals surface area contributed by atoms with E-state index in [0.717, 1.165) is 6.54 Å². The molecule has 0 saturated carbocycles. The zero-order valence-corrected chi connectivity index (χ0v) is 26.7. The molecule has 0 spiro atoms. The molecule has 0 radical (unpaired) electrons. The van der Waals surface area contributed by atoms with Crippen LogP contribution in [0.2, 0.25) is 0 Å². The number of carbonyl (C=O) groups excluding carboxylic acids is 3. The fourth-order valence-electron chi connectivity index (χ4n) is 5.78. The highest BCUT2D eigenvalue weighted by molar-refractivity contribution is 5.94. The van der Waals surface area contributed by atoms with Crippen molar-refractivity contribution in [1.29, 1.82) is 0 Å². The summed E-state index contributed by atoms with van der Waals surface area (Å²) in [6.07, 6.45) is 2.87. The molecule has 2 aliphatic heterocycles. The van der Waals surface area contributed by atoms with Gasteiger partial charge in [0.1, 0.15) is 28.8 Å². The quantitative estimate of drug-likeness (QED) is 0.295. The molecule has 3 amide bonds. The lowest BCUT2D eigenvalue weighted by molar-refractivity contribution is -0.136. The van der Waals surface area contributed by atoms with Gasteiger partial charge in [0.05, 0.1) is 32.6 Å². The molecule has 1 saturated heterocycles. The largest absolute Gasteiger partial charge is 0.497 e. The Bertz CT molecular complexity index is 1690. The standard InChI is InChI=1S/C34H38N6O6/c1-22(2)46-26-8-11-36-30(18-26)34(9-6-23-14-27(44-4)17-28(15-23)45-5)10-7-24-16-25(19-39-13-12-38(3)20-31(39)42)29(21-41)37-32(24)40(34)33(35)43/h8,11,14-18,21-22H,7,10,12-13,19-20H2,1-5H3,(H2,35,43). The average molecular weight is 627 g/mol. The van der Waals surface area contributed by atoms with Gasteiger partial charge in [-0.2, -0.15) is 0 Å². The number of aryl methyl sites for hydroxylation is 1. The Labute approximate surface area is 268 Å². The third-order valence-corrected chi connectivity index (χ3v) is 8.04. The van der Waals surface area contributed by atoms with Gasteiger partial charge in [-0.25, -0.2) is 9.78 Å². The second-order valence-corrected chi connectivity index (χ2v) is 11.6. The molecule has 2 N–H and O–H groups in total. The number of piperazine rings is 1. The lowest BCUT2D eigenvalue weighted by Gasteiger charge is -2.42. The van der Waals surface area contributed by atoms with Gasteiger partial charge in [-0.05, 0) is 63.6 Å². The first-order chi connectivity index (χ1) is 22.1. The number of benzene rings is 1. The summed E-state index contributed by atoms with van der Waals surface area (Å²) in [4.78, 5) is 52.9. The van der Waals surface area contributed by atoms with Crippen molar-refractivity contribution in [3.8, 4) is 29.1 Å². The molecule has 46 heavy (non-hydrogen) atoms. The second-order valence-electron chi connectivity index (χ2n) is 11.6. The third-order valence-electron chi connectivity index (χ3n) is 8.04. The molecular formula is C34H38N6O6. The molecular weight excluding hydrogens is 588 g/mol. The molecule has 1 atom stereocenters. The maximum absolute atomic E-state index is 13.5. The number of methoxy groups -OCH3 is 2. The summed E-state index contributed by atoms with van der Waals surface area (Å²) < 4.78 is 16.8. The van der Waals surface area contributed by atoms with Crippen LogP contribution in [0.1, 0.15) is 53.1 Å². The van der Waals surface area contributed by atoms with Gasteiger partial charge < -0.3 is 24.8 Å². The maximum Gasteiger partial charge on any atom is 0.322 e. The van der Waals surface area contributed by atoms with Gasteiger partial charge in [0, 0.05) is 49.1 Å². The SMILES string of the molecule is COc1cc(C#CC2(c3cc(OC(C)C)ccn3)CCc3cc(CN4CCN(C)CC4=O)c(C=O)nc3N2C(N)=O)cc(OC)c1. The fraction of sp³-hybridized carbons (Fsp3) is 0.382. The molecule has 4 heterocycles. The van der Waals surface area contributed by atoms with E-state index in [1.54, 1.807) is 55.6 Å². The van der Waals surface area contributed by atoms with Crippen LogP contribution in [0.4, 0.5) is 10.6 Å². The van der Waals surface area contributed by atoms with Crippen LogP contribution >= 0.6 is 0 Å². The number of aromatic nitrogens is 2. The summed E-state index contributed by atoms with van der Waals surface area (Å²) in [5.41, 5.74) is 7.16. The highest BCUT2D eigenvalue weighted by atomic mass is 16.5. The highest BCUT2D eigenvalue weighted by Gasteiger charge is 2.47. The van der Waals surface area contributed by atoms with Crippen molar-refractivity contribution in [3.63, 3.8) is 0 Å². The Balaban J connectivity index is 1.66. The van der Waals surface area contributed by atoms with Crippen LogP contribution < -0.4 is 24.8 Å². The van der Waals surface area contributed by atoms with Crippen LogP contribution in [-0.4, -0.2) is 85.0 Å². The molecule has 5 rings (SSSR count). The van der Waals surface area contributed by atoms with Gasteiger partial charge in [-0.1, -0.05) is 11.8 Å². The van der Waals surface area contributed by atoms with Gasteiger partial charge in [0.2, 0.25) is 5.91 Å². The van der Waals surface area contributed by atoms with Crippen LogP contribution in [0.25, 0.3) is 0 Å². The van der Waals surface area contributed by atoms with Gasteiger partial charge in [0.25, 0.3) is 0 Å². The number of hydrogen-bond donors (Lipinski definition) is 1. The Hall–Kier alpha value is -5.15. The third kappa shape index (κ3) is 6.60. The van der Waals surface area contributed by atoms with E-state index in [4.69, 9.17) is 19.9 Å². The number of carbonyl (C=O) groups is 3. The number of anilines is 1. The van der Waals surface area contributed by atoms with Crippen LogP contribution in [0.15, 0.2) is 42.6 Å². The zero-order valence-electron chi connectivity index (χ0n) is 26.7. The van der Waals surface area contributed by atoms with Crippen molar-refractivity contribution >= 4 is 24.0 Å². The first-order valence-corrected chi connectivity index (χ1v) is 15.0. The van der Waals surface area contributed by atoms with E-state index in [1.807, 2.05) is 31.9 Å². The molecule has 2 aliphatic rings. The Morgan fingerprint density at radius 1 is 1.11 bits per heavy atom. The molecule has 12 nitrogen and oxygen atoms in total. The lowest BCUT2D eigenvalue weighted by Crippen LogP contribution is -2.55. The Morgan fingerprint density at radius 2 is 1.85 bits per heavy atom. The van der Waals surface area contributed by atoms with E-state index in [2.05, 4.69) is 21.8 Å². The van der Waals surface area contributed by atoms with Crippen molar-refractivity contribution in [1.82, 2.24) is 19.8 Å². The molecule has 2 aromatic heterocycles. The number of rotatable bonds is 8. The minimum atomic E-state index is -1.38. The summed E-state index contributed by atoms with van der Waals surface area (Å²) in [7, 11) is 4.99. The normalized spacial score (nSPS) is 18.0. The first kappa shape index (κ1) is 32.2. The number of nitrogens with zero attached hydrogens (tertiary/aromatic N) is 5. The molecule has 0 bridgehead atoms. The number of pyridine rings is 2. The van der Waals surface area contributed by atoms with E-state index in [0.29, 0.717) is 71.9 Å². The van der Waals surface area contributed by atoms with E-state index < -0.39 is 11.6 Å². The summed E-state index contributed by atoms with van der Waals surface area (Å²) in [6.45, 7) is 5.62. The number of ether oxygens (including phenoxy) is 3. The van der Waals surface area contributed by atoms with E-state index in [9.17, 15) is 14.4 Å². The summed E-state index contributed by atoms with van der Waals surface area (Å²) in [5.74, 6) is 8.34. The van der Waals surface area contributed by atoms with E-state index >= 15 is 0 Å². The predicted molar refractivity (Wildman–Crippen MR) is 171 cm³/mol. The molecule has 12 heteroatoms. The van der Waals surface area contributed by atoms with Crippen molar-refractivity contribution in [3.05, 3.63) is 70.7 Å². The minimum absolute atomic E-state index is 0.0277. The van der Waals surface area contributed by atoms with Gasteiger partial charge in [-0.15, -0.1) is 0 Å². The smallest absolute Gasteiger partial charge is 0.322 e. The topological polar surface area (TPSA) is 140 Å². The number of nitrogens with two attached hydrogens (primary N) is 1. The molecule has 1 unspecified atom stereocenters. The number of aldehydes is 1. The van der Waals surface area contributed by atoms with Crippen molar-refractivity contribution in [2.45, 2.75) is 44.9 Å². The van der Waals surface area contributed by atoms with Crippen LogP contribution in [0, 0.1) is 11.8 Å². The number of fused-ring (bicyclic) bond motifs is 1. The number of likely N-dealkylation sites (N-methyl/N-ethyl adjacent to an activating group) is 1. The zero-order chi connectivity index (χ0) is 33.0. The van der Waals surface area contributed by atoms with Crippen molar-refractivity contribution in [2.75, 3.05) is 45.8 Å². The molecule has 3 aromatic rings. The first-order valence-electron chi connectivity index (χ1n) is 15.0. The number of amides is 3. The van der Waals surface area contributed by atoms with Crippen molar-refractivity contribution in [2.24, 2.45) is 5.73 Å². The summed E-state index contributed by atoms with van der Waals surface area (Å²) in [5, 5.41) is 0. The predicted octanol–water partition coefficient (Wildman–Crippen LogP) is 3.15. The molecule has 240 valence electrons. The summed E-state index contributed by atoms with van der Waals surface area (Å²) >= 11 is 0. The molecule has 0 aliphatic carbocycles. The number of hydrogen-bond acceptors (Lipinski definition) is 9. The van der Waals surface area contributed by atoms with Gasteiger partial charge in [0.15, 0.2) is 11.8 Å². The Morgan fingerprint density at radius 3 is 2.48 bits per heavy atom. The minimum Gasteiger partial charge on any atom is -0.497 e. The van der Waals surface area contributed by atoms with Gasteiger partial charge >= 0.3 is 6.03 Å². The van der Waals surface area contributed by atoms with Crippen molar-refractivity contribution < 1.29 is 28.6 Å². The Kier molecular flexibility index (Phi) is 9.44. The summed E-state index contributed by atoms with van der Waals surface area (Å²) in [6, 6.07) is 9.75. The highest BCUT2D eigenvalue weighted by Crippen LogP contribution is 2.43. The number of primary amides is 1. The second kappa shape index (κ2) is 13.5. The van der Waals surface area contributed by atoms with Crippen LogP contribution in [-0.2, 0) is 23.3 Å². The fourth-order valence-corrected chi connectivity index (χ4v) is 5.78. The maximum atomic E-state index is 13.5. The lowest BCUT2D eigenvalue weighted by atomic mass is 9.82. The van der Waals surface area contributed by atoms with Gasteiger partial charge in [-0.3, -0.25) is 24.4 Å². The van der Waals surface area contributed by atoms with E-state index in [1.165, 1.54) is 4.90 Å². The number of urea groups is 1. The monoisotopic (exact) mass is 626 g/mol. The van der Waals surface area contributed by atoms with E-state index in [-0.39, 0.29) is 30.1 Å². The molecule has 1 fully saturated rings.